The van der Waals surface area contributed by atoms with Crippen molar-refractivity contribution in [1.82, 2.24) is 0 Å². The Morgan fingerprint density at radius 3 is 2.08 bits per heavy atom. The maximum absolute atomic E-state index is 9.91. The summed E-state index contributed by atoms with van der Waals surface area (Å²) in [5.74, 6) is -0.0672. The minimum absolute atomic E-state index is 0.0672. The van der Waals surface area contributed by atoms with Crippen molar-refractivity contribution in [3.05, 3.63) is 0 Å². The van der Waals surface area contributed by atoms with Gasteiger partial charge in [-0.25, -0.2) is 0 Å². The standard InChI is InChI=1S/C8H19NO3/c1-6(5-9)8(2,10)7(11-3)12-4/h6-7,10H,5,9H2,1-4H3. The van der Waals surface area contributed by atoms with Crippen molar-refractivity contribution in [3.8, 4) is 0 Å². The summed E-state index contributed by atoms with van der Waals surface area (Å²) < 4.78 is 9.92. The van der Waals surface area contributed by atoms with Crippen LogP contribution in [0, 0.1) is 5.92 Å². The first-order valence-electron chi connectivity index (χ1n) is 3.98. The second kappa shape index (κ2) is 4.77. The van der Waals surface area contributed by atoms with E-state index in [0.717, 1.165) is 0 Å². The molecule has 74 valence electrons. The quantitative estimate of drug-likeness (QED) is 0.578. The lowest BCUT2D eigenvalue weighted by molar-refractivity contribution is -0.223. The average Bonchev–Trinajstić information content (AvgIpc) is 2.04. The molecule has 12 heavy (non-hydrogen) atoms. The van der Waals surface area contributed by atoms with Gasteiger partial charge in [0.25, 0.3) is 0 Å². The highest BCUT2D eigenvalue weighted by atomic mass is 16.7. The van der Waals surface area contributed by atoms with Gasteiger partial charge in [-0.2, -0.15) is 0 Å². The monoisotopic (exact) mass is 177 g/mol. The van der Waals surface area contributed by atoms with Crippen LogP contribution in [0.25, 0.3) is 0 Å². The molecular formula is C8H19NO3. The van der Waals surface area contributed by atoms with Crippen LogP contribution in [-0.2, 0) is 9.47 Å². The number of ether oxygens (including phenoxy) is 2. The van der Waals surface area contributed by atoms with Gasteiger partial charge >= 0.3 is 0 Å². The van der Waals surface area contributed by atoms with Crippen molar-refractivity contribution in [2.75, 3.05) is 20.8 Å². The topological polar surface area (TPSA) is 64.7 Å². The molecule has 4 nitrogen and oxygen atoms in total. The van der Waals surface area contributed by atoms with E-state index in [1.54, 1.807) is 6.92 Å². The van der Waals surface area contributed by atoms with E-state index in [1.807, 2.05) is 6.92 Å². The van der Waals surface area contributed by atoms with Crippen LogP contribution >= 0.6 is 0 Å². The summed E-state index contributed by atoms with van der Waals surface area (Å²) in [6, 6.07) is 0. The lowest BCUT2D eigenvalue weighted by Crippen LogP contribution is -2.49. The Morgan fingerprint density at radius 1 is 1.42 bits per heavy atom. The zero-order chi connectivity index (χ0) is 9.78. The summed E-state index contributed by atoms with van der Waals surface area (Å²) in [5.41, 5.74) is 4.39. The van der Waals surface area contributed by atoms with Crippen LogP contribution in [0.2, 0.25) is 0 Å². The highest BCUT2D eigenvalue weighted by Gasteiger charge is 2.37. The van der Waals surface area contributed by atoms with Crippen LogP contribution in [-0.4, -0.2) is 37.8 Å². The van der Waals surface area contributed by atoms with Gasteiger partial charge in [0.05, 0.1) is 0 Å². The third-order valence-corrected chi connectivity index (χ3v) is 2.26. The summed E-state index contributed by atoms with van der Waals surface area (Å²) >= 11 is 0. The number of hydrogen-bond donors (Lipinski definition) is 2. The van der Waals surface area contributed by atoms with Crippen molar-refractivity contribution < 1.29 is 14.6 Å². The van der Waals surface area contributed by atoms with Crippen molar-refractivity contribution in [3.63, 3.8) is 0 Å². The highest BCUT2D eigenvalue weighted by molar-refractivity contribution is 4.83. The van der Waals surface area contributed by atoms with Gasteiger partial charge in [0, 0.05) is 20.1 Å². The summed E-state index contributed by atoms with van der Waals surface area (Å²) in [6.45, 7) is 3.91. The van der Waals surface area contributed by atoms with Crippen LogP contribution < -0.4 is 5.73 Å². The maximum atomic E-state index is 9.91. The summed E-state index contributed by atoms with van der Waals surface area (Å²) in [6.07, 6.45) is -0.629. The predicted octanol–water partition coefficient (Wildman–Crippen LogP) is -0.0489. The Hall–Kier alpha value is -0.160. The highest BCUT2D eigenvalue weighted by Crippen LogP contribution is 2.22. The number of nitrogens with two attached hydrogens (primary N) is 1. The fraction of sp³-hybridized carbons (Fsp3) is 1.00. The van der Waals surface area contributed by atoms with Crippen molar-refractivity contribution in [2.24, 2.45) is 11.7 Å². The van der Waals surface area contributed by atoms with Crippen LogP contribution in [0.5, 0.6) is 0 Å². The molecule has 0 aromatic carbocycles. The number of methoxy groups -OCH3 is 2. The van der Waals surface area contributed by atoms with E-state index < -0.39 is 11.9 Å². The first kappa shape index (κ1) is 11.8. The molecule has 3 N–H and O–H groups in total. The first-order valence-corrected chi connectivity index (χ1v) is 3.98. The molecule has 0 bridgehead atoms. The van der Waals surface area contributed by atoms with Gasteiger partial charge in [0.15, 0.2) is 6.29 Å². The molecular weight excluding hydrogens is 158 g/mol. The number of rotatable bonds is 5. The average molecular weight is 177 g/mol. The Labute approximate surface area is 73.7 Å². The molecule has 0 amide bonds. The largest absolute Gasteiger partial charge is 0.385 e. The second-order valence-corrected chi connectivity index (χ2v) is 3.17. The smallest absolute Gasteiger partial charge is 0.185 e. The molecule has 4 heteroatoms. The molecule has 0 aromatic rings. The Balaban J connectivity index is 4.33. The fourth-order valence-corrected chi connectivity index (χ4v) is 1.04. The molecule has 0 spiro atoms. The van der Waals surface area contributed by atoms with E-state index in [9.17, 15) is 5.11 Å². The zero-order valence-corrected chi connectivity index (χ0v) is 8.20. The minimum Gasteiger partial charge on any atom is -0.385 e. The molecule has 2 atom stereocenters. The third-order valence-electron chi connectivity index (χ3n) is 2.26. The minimum atomic E-state index is -1.04. The van der Waals surface area contributed by atoms with Gasteiger partial charge in [0.2, 0.25) is 0 Å². The SMILES string of the molecule is COC(OC)C(C)(O)C(C)CN. The van der Waals surface area contributed by atoms with E-state index in [1.165, 1.54) is 14.2 Å². The Kier molecular flexibility index (Phi) is 4.70. The third kappa shape index (κ3) is 2.42. The summed E-state index contributed by atoms with van der Waals surface area (Å²) in [4.78, 5) is 0. The molecule has 0 aliphatic heterocycles. The van der Waals surface area contributed by atoms with Gasteiger partial charge in [-0.1, -0.05) is 6.92 Å². The fourth-order valence-electron chi connectivity index (χ4n) is 1.04. The van der Waals surface area contributed by atoms with E-state index in [4.69, 9.17) is 15.2 Å². The van der Waals surface area contributed by atoms with Crippen molar-refractivity contribution in [1.29, 1.82) is 0 Å². The van der Waals surface area contributed by atoms with Gasteiger partial charge in [-0.05, 0) is 13.5 Å². The van der Waals surface area contributed by atoms with E-state index in [-0.39, 0.29) is 5.92 Å². The van der Waals surface area contributed by atoms with Crippen LogP contribution in [0.4, 0.5) is 0 Å². The van der Waals surface area contributed by atoms with Gasteiger partial charge < -0.3 is 20.3 Å². The summed E-state index contributed by atoms with van der Waals surface area (Å²) in [7, 11) is 2.98. The molecule has 0 heterocycles. The Bertz CT molecular complexity index is 123. The van der Waals surface area contributed by atoms with Crippen LogP contribution in [0.1, 0.15) is 13.8 Å². The molecule has 0 aliphatic carbocycles. The number of hydrogen-bond acceptors (Lipinski definition) is 4. The lowest BCUT2D eigenvalue weighted by atomic mass is 9.90. The molecule has 0 rings (SSSR count). The van der Waals surface area contributed by atoms with Crippen molar-refractivity contribution >= 4 is 0 Å². The molecule has 0 saturated heterocycles. The normalized spacial score (nSPS) is 19.2. The first-order chi connectivity index (χ1) is 5.50. The van der Waals surface area contributed by atoms with Gasteiger partial charge in [-0.15, -0.1) is 0 Å². The molecule has 0 saturated carbocycles. The second-order valence-electron chi connectivity index (χ2n) is 3.17. The van der Waals surface area contributed by atoms with Gasteiger partial charge in [-0.3, -0.25) is 0 Å². The predicted molar refractivity (Wildman–Crippen MR) is 46.6 cm³/mol. The van der Waals surface area contributed by atoms with E-state index in [2.05, 4.69) is 0 Å². The van der Waals surface area contributed by atoms with Crippen molar-refractivity contribution in [2.45, 2.75) is 25.7 Å². The zero-order valence-electron chi connectivity index (χ0n) is 8.20. The Morgan fingerprint density at radius 2 is 1.83 bits per heavy atom. The molecule has 2 unspecified atom stereocenters. The molecule has 0 aromatic heterocycles. The van der Waals surface area contributed by atoms with Crippen LogP contribution in [0.3, 0.4) is 0 Å². The van der Waals surface area contributed by atoms with E-state index >= 15 is 0 Å². The lowest BCUT2D eigenvalue weighted by Gasteiger charge is -2.35. The molecule has 0 fully saturated rings. The van der Waals surface area contributed by atoms with Crippen LogP contribution in [0.15, 0.2) is 0 Å². The number of aliphatic hydroxyl groups is 1. The maximum Gasteiger partial charge on any atom is 0.185 e. The molecule has 0 radical (unpaired) electrons. The van der Waals surface area contributed by atoms with E-state index in [0.29, 0.717) is 6.54 Å². The summed E-state index contributed by atoms with van der Waals surface area (Å²) in [5, 5.41) is 9.91. The molecule has 0 aliphatic rings. The van der Waals surface area contributed by atoms with Gasteiger partial charge in [0.1, 0.15) is 5.60 Å².